The van der Waals surface area contributed by atoms with Crippen LogP contribution in [-0.2, 0) is 20.9 Å². The number of carboxylic acids is 2. The maximum Gasteiger partial charge on any atom is 0.490 e. The molecule has 4 heterocycles. The molecular formula is C21H28F6N2O5S. The first-order valence-electron chi connectivity index (χ1n) is 11.0. The first kappa shape index (κ1) is 29.3. The van der Waals surface area contributed by atoms with Gasteiger partial charge in [-0.05, 0) is 43.0 Å². The maximum absolute atomic E-state index is 10.6. The van der Waals surface area contributed by atoms with E-state index in [0.29, 0.717) is 0 Å². The molecule has 0 bridgehead atoms. The fourth-order valence-corrected chi connectivity index (χ4v) is 5.18. The molecule has 3 fully saturated rings. The first-order chi connectivity index (χ1) is 16.3. The van der Waals surface area contributed by atoms with Gasteiger partial charge in [-0.25, -0.2) is 9.59 Å². The zero-order valence-corrected chi connectivity index (χ0v) is 19.5. The van der Waals surface area contributed by atoms with Crippen LogP contribution in [-0.4, -0.2) is 89.2 Å². The molecule has 200 valence electrons. The summed E-state index contributed by atoms with van der Waals surface area (Å²) in [5.74, 6) is -4.64. The molecule has 0 unspecified atom stereocenters. The molecular weight excluding hydrogens is 506 g/mol. The van der Waals surface area contributed by atoms with Crippen LogP contribution < -0.4 is 0 Å². The number of hydrogen-bond acceptors (Lipinski definition) is 6. The lowest BCUT2D eigenvalue weighted by Crippen LogP contribution is -2.39. The highest BCUT2D eigenvalue weighted by atomic mass is 32.1. The fraction of sp³-hybridized carbons (Fsp3) is 0.714. The van der Waals surface area contributed by atoms with Crippen LogP contribution in [0.15, 0.2) is 17.5 Å². The summed E-state index contributed by atoms with van der Waals surface area (Å²) in [6.07, 6.45) is -4.88. The summed E-state index contributed by atoms with van der Waals surface area (Å²) in [5.41, 5.74) is 0. The lowest BCUT2D eigenvalue weighted by atomic mass is 9.99. The van der Waals surface area contributed by atoms with Crippen molar-refractivity contribution in [1.29, 1.82) is 0 Å². The number of carboxylic acid groups (broad SMARTS) is 2. The van der Waals surface area contributed by atoms with Gasteiger partial charge >= 0.3 is 24.3 Å². The minimum absolute atomic E-state index is 0.812. The van der Waals surface area contributed by atoms with Crippen molar-refractivity contribution in [3.05, 3.63) is 22.4 Å². The Bertz CT molecular complexity index is 775. The topological polar surface area (TPSA) is 90.3 Å². The predicted molar refractivity (Wildman–Crippen MR) is 114 cm³/mol. The number of thiophene rings is 1. The van der Waals surface area contributed by atoms with E-state index in [1.165, 1.54) is 56.7 Å². The minimum atomic E-state index is -5.08. The highest BCUT2D eigenvalue weighted by Crippen LogP contribution is 2.34. The Morgan fingerprint density at radius 2 is 1.40 bits per heavy atom. The summed E-state index contributed by atoms with van der Waals surface area (Å²) in [6, 6.07) is 6.10. The van der Waals surface area contributed by atoms with E-state index in [4.69, 9.17) is 24.5 Å². The highest BCUT2D eigenvalue weighted by molar-refractivity contribution is 7.09. The summed E-state index contributed by atoms with van der Waals surface area (Å²) < 4.78 is 69.0. The summed E-state index contributed by atoms with van der Waals surface area (Å²) in [6.45, 7) is 7.06. The monoisotopic (exact) mass is 534 g/mol. The summed E-state index contributed by atoms with van der Waals surface area (Å²) in [5, 5.41) is 16.5. The van der Waals surface area contributed by atoms with Gasteiger partial charge in [-0.3, -0.25) is 9.80 Å². The lowest BCUT2D eigenvalue weighted by molar-refractivity contribution is -0.193. The summed E-state index contributed by atoms with van der Waals surface area (Å²) in [7, 11) is 0. The Labute approximate surface area is 202 Å². The third kappa shape index (κ3) is 9.58. The molecule has 1 aromatic heterocycles. The van der Waals surface area contributed by atoms with Gasteiger partial charge in [0.05, 0.1) is 0 Å². The van der Waals surface area contributed by atoms with Crippen LogP contribution in [0, 0.1) is 5.92 Å². The third-order valence-corrected chi connectivity index (χ3v) is 6.93. The average Bonchev–Trinajstić information content (AvgIpc) is 3.49. The van der Waals surface area contributed by atoms with E-state index in [9.17, 15) is 26.3 Å². The average molecular weight is 535 g/mol. The van der Waals surface area contributed by atoms with E-state index >= 15 is 0 Å². The molecule has 3 aliphatic heterocycles. The van der Waals surface area contributed by atoms with Gasteiger partial charge < -0.3 is 14.9 Å². The molecule has 4 rings (SSSR count). The molecule has 0 amide bonds. The van der Waals surface area contributed by atoms with Crippen LogP contribution in [0.3, 0.4) is 0 Å². The van der Waals surface area contributed by atoms with Crippen molar-refractivity contribution in [1.82, 2.24) is 9.80 Å². The van der Waals surface area contributed by atoms with E-state index in [1.807, 2.05) is 11.3 Å². The van der Waals surface area contributed by atoms with Crippen molar-refractivity contribution < 1.29 is 50.9 Å². The molecule has 2 atom stereocenters. The number of carbonyl (C=O) groups is 2. The van der Waals surface area contributed by atoms with E-state index in [2.05, 4.69) is 27.3 Å². The van der Waals surface area contributed by atoms with E-state index in [-0.39, 0.29) is 0 Å². The van der Waals surface area contributed by atoms with E-state index in [0.717, 1.165) is 31.2 Å². The quantitative estimate of drug-likeness (QED) is 0.563. The Morgan fingerprint density at radius 3 is 1.86 bits per heavy atom. The van der Waals surface area contributed by atoms with Crippen molar-refractivity contribution in [3.63, 3.8) is 0 Å². The molecule has 0 aromatic carbocycles. The van der Waals surface area contributed by atoms with Crippen molar-refractivity contribution in [2.45, 2.75) is 56.7 Å². The van der Waals surface area contributed by atoms with Crippen molar-refractivity contribution in [3.8, 4) is 0 Å². The second-order valence-electron chi connectivity index (χ2n) is 8.42. The smallest absolute Gasteiger partial charge is 0.475 e. The van der Waals surface area contributed by atoms with Crippen molar-refractivity contribution in [2.75, 3.05) is 32.8 Å². The molecule has 2 N–H and O–H groups in total. The van der Waals surface area contributed by atoms with E-state index in [1.54, 1.807) is 0 Å². The number of ether oxygens (including phenoxy) is 1. The Hall–Kier alpha value is -1.90. The van der Waals surface area contributed by atoms with E-state index < -0.39 is 24.3 Å². The number of nitrogens with zero attached hydrogens (tertiary/aromatic N) is 2. The molecule has 0 aliphatic carbocycles. The number of likely N-dealkylation sites (tertiary alicyclic amines) is 2. The summed E-state index contributed by atoms with van der Waals surface area (Å²) >= 11 is 1.90. The van der Waals surface area contributed by atoms with Crippen LogP contribution in [0.5, 0.6) is 0 Å². The maximum atomic E-state index is 10.6. The second kappa shape index (κ2) is 12.9. The van der Waals surface area contributed by atoms with Gasteiger partial charge in [0.25, 0.3) is 0 Å². The molecule has 3 aliphatic rings. The van der Waals surface area contributed by atoms with Gasteiger partial charge in [-0.15, -0.1) is 11.3 Å². The molecule has 3 saturated heterocycles. The van der Waals surface area contributed by atoms with Gasteiger partial charge in [-0.2, -0.15) is 26.3 Å². The van der Waals surface area contributed by atoms with Gasteiger partial charge in [0.2, 0.25) is 0 Å². The number of halogens is 6. The SMILES string of the molecule is O=C(O)C(F)(F)F.O=C(O)C(F)(F)F.c1csc(CN2CC[C@H]3[C@H]2CCN3CC2CCOCC2)c1. The van der Waals surface area contributed by atoms with Crippen molar-refractivity contribution >= 4 is 23.3 Å². The van der Waals surface area contributed by atoms with Crippen LogP contribution in [0.4, 0.5) is 26.3 Å². The van der Waals surface area contributed by atoms with Gasteiger partial charge in [0, 0.05) is 56.4 Å². The Morgan fingerprint density at radius 1 is 0.914 bits per heavy atom. The number of fused-ring (bicyclic) bond motifs is 1. The first-order valence-corrected chi connectivity index (χ1v) is 11.9. The number of aliphatic carboxylic acids is 2. The van der Waals surface area contributed by atoms with Crippen molar-refractivity contribution in [2.24, 2.45) is 5.92 Å². The summed E-state index contributed by atoms with van der Waals surface area (Å²) in [4.78, 5) is 24.9. The number of alkyl halides is 6. The zero-order valence-electron chi connectivity index (χ0n) is 18.7. The number of rotatable bonds is 4. The lowest BCUT2D eigenvalue weighted by Gasteiger charge is -2.30. The second-order valence-corrected chi connectivity index (χ2v) is 9.45. The largest absolute Gasteiger partial charge is 0.490 e. The molecule has 7 nitrogen and oxygen atoms in total. The van der Waals surface area contributed by atoms with Crippen LogP contribution in [0.25, 0.3) is 0 Å². The third-order valence-electron chi connectivity index (χ3n) is 6.06. The zero-order chi connectivity index (χ0) is 26.2. The normalized spacial score (nSPS) is 23.6. The molecule has 0 saturated carbocycles. The predicted octanol–water partition coefficient (Wildman–Crippen LogP) is 4.09. The van der Waals surface area contributed by atoms with Gasteiger partial charge in [0.1, 0.15) is 0 Å². The van der Waals surface area contributed by atoms with Crippen LogP contribution in [0.2, 0.25) is 0 Å². The van der Waals surface area contributed by atoms with Gasteiger partial charge in [-0.1, -0.05) is 6.07 Å². The Balaban J connectivity index is 0.000000257. The number of hydrogen-bond donors (Lipinski definition) is 2. The molecule has 0 radical (unpaired) electrons. The molecule has 1 aromatic rings. The Kier molecular flexibility index (Phi) is 10.8. The fourth-order valence-electron chi connectivity index (χ4n) is 4.45. The minimum Gasteiger partial charge on any atom is -0.475 e. The molecule has 0 spiro atoms. The molecule has 14 heteroatoms. The standard InChI is InChI=1S/C17H26N2OS.2C2HF3O2/c1-2-15(21-11-1)13-19-8-4-16-17(19)3-7-18(16)12-14-5-9-20-10-6-14;2*3-2(4,5)1(6)7/h1-2,11,14,16-17H,3-10,12-13H2;2*(H,6,7)/t16-,17+;;/m0../s1. The molecule has 35 heavy (non-hydrogen) atoms. The highest BCUT2D eigenvalue weighted by Gasteiger charge is 2.43. The van der Waals surface area contributed by atoms with Crippen LogP contribution >= 0.6 is 11.3 Å². The van der Waals surface area contributed by atoms with Gasteiger partial charge in [0.15, 0.2) is 0 Å². The van der Waals surface area contributed by atoms with Crippen LogP contribution in [0.1, 0.15) is 30.6 Å².